The molecule has 0 N–H and O–H groups in total. The first-order valence-corrected chi connectivity index (χ1v) is 3.52. The van der Waals surface area contributed by atoms with Crippen molar-refractivity contribution in [2.75, 3.05) is 6.61 Å². The third kappa shape index (κ3) is 4.75. The molecule has 0 bridgehead atoms. The van der Waals surface area contributed by atoms with E-state index in [2.05, 4.69) is 9.78 Å². The monoisotopic (exact) mass is 161 g/mol. The molecular weight excluding hydrogens is 148 g/mol. The van der Waals surface area contributed by atoms with Crippen molar-refractivity contribution in [2.24, 2.45) is 0 Å². The molecule has 0 aliphatic carbocycles. The molecule has 0 heterocycles. The van der Waals surface area contributed by atoms with E-state index in [1.165, 1.54) is 13.8 Å². The first-order chi connectivity index (χ1) is 4.98. The van der Waals surface area contributed by atoms with Crippen LogP contribution in [0.5, 0.6) is 0 Å². The summed E-state index contributed by atoms with van der Waals surface area (Å²) in [4.78, 5) is 19.3. The lowest BCUT2D eigenvalue weighted by Crippen LogP contribution is -2.31. The van der Waals surface area contributed by atoms with Crippen LogP contribution in [0.25, 0.3) is 0 Å². The zero-order valence-corrected chi connectivity index (χ0v) is 7.05. The molecular formula is C7H13O4. The molecule has 0 amide bonds. The molecule has 0 aliphatic heterocycles. The summed E-state index contributed by atoms with van der Waals surface area (Å²) in [6, 6.07) is 0. The van der Waals surface area contributed by atoms with Crippen LogP contribution < -0.4 is 0 Å². The van der Waals surface area contributed by atoms with Gasteiger partial charge in [-0.2, -0.15) is 4.89 Å². The Morgan fingerprint density at radius 3 is 2.36 bits per heavy atom. The quantitative estimate of drug-likeness (QED) is 0.352. The van der Waals surface area contributed by atoms with Gasteiger partial charge >= 0.3 is 5.97 Å². The van der Waals surface area contributed by atoms with Crippen molar-refractivity contribution in [1.29, 1.82) is 0 Å². The highest BCUT2D eigenvalue weighted by Crippen LogP contribution is 2.04. The van der Waals surface area contributed by atoms with Crippen LogP contribution in [0.3, 0.4) is 0 Å². The Bertz CT molecular complexity index is 125. The average molecular weight is 161 g/mol. The standard InChI is InChI=1S/C7H13O4/c1-4-5-10-11-6(8)7(2,3)9/h4-5H2,1-3H3. The van der Waals surface area contributed by atoms with Crippen LogP contribution in [0, 0.1) is 0 Å². The fourth-order valence-corrected chi connectivity index (χ4v) is 0.279. The summed E-state index contributed by atoms with van der Waals surface area (Å²) in [5, 5.41) is 10.8. The van der Waals surface area contributed by atoms with Gasteiger partial charge in [0.05, 0.1) is 6.61 Å². The zero-order valence-electron chi connectivity index (χ0n) is 7.05. The molecule has 0 saturated heterocycles. The number of rotatable bonds is 4. The predicted molar refractivity (Wildman–Crippen MR) is 37.1 cm³/mol. The maximum absolute atomic E-state index is 10.8. The van der Waals surface area contributed by atoms with Crippen molar-refractivity contribution in [3.05, 3.63) is 0 Å². The van der Waals surface area contributed by atoms with E-state index in [0.717, 1.165) is 6.42 Å². The van der Waals surface area contributed by atoms with E-state index >= 15 is 0 Å². The SMILES string of the molecule is CCCOOC(=O)C(C)(C)[O]. The van der Waals surface area contributed by atoms with Gasteiger partial charge in [-0.3, -0.25) is 4.89 Å². The maximum atomic E-state index is 10.8. The van der Waals surface area contributed by atoms with E-state index in [1.54, 1.807) is 0 Å². The third-order valence-corrected chi connectivity index (χ3v) is 0.914. The van der Waals surface area contributed by atoms with Crippen LogP contribution >= 0.6 is 0 Å². The second-order valence-electron chi connectivity index (χ2n) is 2.70. The van der Waals surface area contributed by atoms with Gasteiger partial charge in [0, 0.05) is 0 Å². The predicted octanol–water partition coefficient (Wildman–Crippen LogP) is 1.08. The van der Waals surface area contributed by atoms with Gasteiger partial charge < -0.3 is 0 Å². The summed E-state index contributed by atoms with van der Waals surface area (Å²) in [5.41, 5.74) is -1.73. The molecule has 1 radical (unpaired) electrons. The third-order valence-electron chi connectivity index (χ3n) is 0.914. The minimum atomic E-state index is -1.73. The highest BCUT2D eigenvalue weighted by atomic mass is 17.2. The largest absolute Gasteiger partial charge is 0.376 e. The Hall–Kier alpha value is -0.610. The van der Waals surface area contributed by atoms with Gasteiger partial charge in [-0.25, -0.2) is 9.90 Å². The first-order valence-electron chi connectivity index (χ1n) is 3.52. The fourth-order valence-electron chi connectivity index (χ4n) is 0.279. The van der Waals surface area contributed by atoms with Crippen LogP contribution in [-0.4, -0.2) is 18.2 Å². The second-order valence-corrected chi connectivity index (χ2v) is 2.70. The van der Waals surface area contributed by atoms with Crippen molar-refractivity contribution >= 4 is 5.97 Å². The normalized spacial score (nSPS) is 11.3. The Kier molecular flexibility index (Phi) is 4.07. The van der Waals surface area contributed by atoms with Gasteiger partial charge in [-0.05, 0) is 20.3 Å². The summed E-state index contributed by atoms with van der Waals surface area (Å²) in [7, 11) is 0. The second kappa shape index (κ2) is 4.31. The smallest absolute Gasteiger partial charge is 0.295 e. The maximum Gasteiger partial charge on any atom is 0.376 e. The minimum Gasteiger partial charge on any atom is -0.295 e. The fraction of sp³-hybridized carbons (Fsp3) is 0.857. The van der Waals surface area contributed by atoms with E-state index in [-0.39, 0.29) is 0 Å². The Morgan fingerprint density at radius 2 is 2.00 bits per heavy atom. The minimum absolute atomic E-state index is 0.321. The average Bonchev–Trinajstić information content (AvgIpc) is 1.86. The van der Waals surface area contributed by atoms with Gasteiger partial charge in [0.2, 0.25) is 0 Å². The van der Waals surface area contributed by atoms with Gasteiger partial charge in [0.1, 0.15) is 0 Å². The van der Waals surface area contributed by atoms with Crippen molar-refractivity contribution in [3.63, 3.8) is 0 Å². The van der Waals surface area contributed by atoms with Gasteiger partial charge in [-0.1, -0.05) is 6.92 Å². The Morgan fingerprint density at radius 1 is 1.45 bits per heavy atom. The molecule has 0 fully saturated rings. The van der Waals surface area contributed by atoms with Gasteiger partial charge in [-0.15, -0.1) is 0 Å². The van der Waals surface area contributed by atoms with Crippen LogP contribution in [-0.2, 0) is 19.7 Å². The summed E-state index contributed by atoms with van der Waals surface area (Å²) >= 11 is 0. The highest BCUT2D eigenvalue weighted by molar-refractivity contribution is 5.77. The topological polar surface area (TPSA) is 55.4 Å². The molecule has 0 saturated carbocycles. The molecule has 0 aromatic carbocycles. The lowest BCUT2D eigenvalue weighted by Gasteiger charge is -2.10. The lowest BCUT2D eigenvalue weighted by atomic mass is 10.1. The van der Waals surface area contributed by atoms with Crippen LogP contribution in [0.4, 0.5) is 0 Å². The van der Waals surface area contributed by atoms with E-state index in [4.69, 9.17) is 0 Å². The Balaban J connectivity index is 3.54. The molecule has 0 rings (SSSR count). The first kappa shape index (κ1) is 10.4. The molecule has 0 unspecified atom stereocenters. The molecule has 0 aromatic rings. The zero-order chi connectivity index (χ0) is 8.91. The van der Waals surface area contributed by atoms with E-state index in [9.17, 15) is 9.90 Å². The van der Waals surface area contributed by atoms with Crippen molar-refractivity contribution in [2.45, 2.75) is 32.8 Å². The molecule has 0 aromatic heterocycles. The summed E-state index contributed by atoms with van der Waals surface area (Å²) in [6.07, 6.45) is 0.743. The number of hydrogen-bond acceptors (Lipinski definition) is 3. The van der Waals surface area contributed by atoms with Crippen molar-refractivity contribution in [3.8, 4) is 0 Å². The summed E-state index contributed by atoms with van der Waals surface area (Å²) < 4.78 is 0. The molecule has 11 heavy (non-hydrogen) atoms. The summed E-state index contributed by atoms with van der Waals surface area (Å²) in [6.45, 7) is 4.65. The van der Waals surface area contributed by atoms with Crippen LogP contribution in [0.2, 0.25) is 0 Å². The number of carbonyl (C=O) groups is 1. The molecule has 0 aliphatic rings. The lowest BCUT2D eigenvalue weighted by molar-refractivity contribution is -0.286. The number of hydrogen-bond donors (Lipinski definition) is 0. The molecule has 65 valence electrons. The van der Waals surface area contributed by atoms with E-state index in [1.807, 2.05) is 6.92 Å². The van der Waals surface area contributed by atoms with Crippen LogP contribution in [0.15, 0.2) is 0 Å². The molecule has 0 atom stereocenters. The summed E-state index contributed by atoms with van der Waals surface area (Å²) in [5.74, 6) is -0.883. The van der Waals surface area contributed by atoms with Crippen molar-refractivity contribution in [1.82, 2.24) is 0 Å². The molecule has 4 nitrogen and oxygen atoms in total. The highest BCUT2D eigenvalue weighted by Gasteiger charge is 2.29. The van der Waals surface area contributed by atoms with E-state index < -0.39 is 11.6 Å². The van der Waals surface area contributed by atoms with Crippen LogP contribution in [0.1, 0.15) is 27.2 Å². The number of carbonyl (C=O) groups excluding carboxylic acids is 1. The van der Waals surface area contributed by atoms with Gasteiger partial charge in [0.25, 0.3) is 0 Å². The van der Waals surface area contributed by atoms with Gasteiger partial charge in [0.15, 0.2) is 5.60 Å². The van der Waals surface area contributed by atoms with Crippen molar-refractivity contribution < 1.29 is 19.7 Å². The Labute approximate surface area is 66.0 Å². The molecule has 0 spiro atoms. The van der Waals surface area contributed by atoms with E-state index in [0.29, 0.717) is 6.61 Å². The molecule has 4 heteroatoms.